The molecule has 0 aliphatic carbocycles. The number of non-ortho nitro benzene ring substituents is 1. The summed E-state index contributed by atoms with van der Waals surface area (Å²) < 4.78 is 20.7. The molecular weight excluding hydrogens is 430 g/mol. The summed E-state index contributed by atoms with van der Waals surface area (Å²) in [4.78, 5) is 35.2. The third-order valence-electron chi connectivity index (χ3n) is 5.09. The van der Waals surface area contributed by atoms with Crippen LogP contribution in [0.3, 0.4) is 0 Å². The molecule has 0 saturated carbocycles. The molecule has 0 bridgehead atoms. The number of rotatable bonds is 11. The fourth-order valence-corrected chi connectivity index (χ4v) is 3.51. The van der Waals surface area contributed by atoms with Gasteiger partial charge < -0.3 is 18.9 Å². The SMILES string of the molecule is CCOC(=O)/C=C/CC(c1ccc(OC)c(OC)c1)C(C(=O)OC)c1ccc([N+](=O)[O-])cc1. The Hall–Kier alpha value is -3.88. The van der Waals surface area contributed by atoms with E-state index in [4.69, 9.17) is 18.9 Å². The summed E-state index contributed by atoms with van der Waals surface area (Å²) in [6.45, 7) is 1.95. The van der Waals surface area contributed by atoms with Crippen molar-refractivity contribution in [1.82, 2.24) is 0 Å². The zero-order valence-electron chi connectivity index (χ0n) is 19.0. The maximum Gasteiger partial charge on any atom is 0.330 e. The van der Waals surface area contributed by atoms with Crippen molar-refractivity contribution in [2.45, 2.75) is 25.2 Å². The number of ether oxygens (including phenoxy) is 4. The van der Waals surface area contributed by atoms with E-state index in [1.165, 1.54) is 51.7 Å². The van der Waals surface area contributed by atoms with Gasteiger partial charge in [-0.3, -0.25) is 14.9 Å². The van der Waals surface area contributed by atoms with E-state index in [0.717, 1.165) is 5.56 Å². The van der Waals surface area contributed by atoms with E-state index >= 15 is 0 Å². The number of allylic oxidation sites excluding steroid dienone is 1. The lowest BCUT2D eigenvalue weighted by atomic mass is 9.79. The minimum absolute atomic E-state index is 0.0905. The van der Waals surface area contributed by atoms with Crippen molar-refractivity contribution in [2.75, 3.05) is 27.9 Å². The third kappa shape index (κ3) is 6.55. The number of benzene rings is 2. The minimum atomic E-state index is -0.805. The molecule has 0 amide bonds. The van der Waals surface area contributed by atoms with Crippen molar-refractivity contribution >= 4 is 17.6 Å². The van der Waals surface area contributed by atoms with Gasteiger partial charge in [-0.25, -0.2) is 4.79 Å². The van der Waals surface area contributed by atoms with Crippen LogP contribution in [0, 0.1) is 10.1 Å². The average Bonchev–Trinajstić information content (AvgIpc) is 2.83. The number of carbonyl (C=O) groups is 2. The molecule has 2 unspecified atom stereocenters. The molecule has 176 valence electrons. The summed E-state index contributed by atoms with van der Waals surface area (Å²) >= 11 is 0. The van der Waals surface area contributed by atoms with E-state index in [2.05, 4.69) is 0 Å². The zero-order valence-corrected chi connectivity index (χ0v) is 19.0. The van der Waals surface area contributed by atoms with Gasteiger partial charge in [0.05, 0.1) is 38.8 Å². The third-order valence-corrected chi connectivity index (χ3v) is 5.09. The van der Waals surface area contributed by atoms with Crippen LogP contribution in [-0.4, -0.2) is 44.8 Å². The smallest absolute Gasteiger partial charge is 0.330 e. The maximum absolute atomic E-state index is 12.9. The summed E-state index contributed by atoms with van der Waals surface area (Å²) in [5.41, 5.74) is 1.18. The lowest BCUT2D eigenvalue weighted by molar-refractivity contribution is -0.384. The number of carbonyl (C=O) groups excluding carboxylic acids is 2. The van der Waals surface area contributed by atoms with E-state index in [-0.39, 0.29) is 18.7 Å². The molecule has 9 heteroatoms. The van der Waals surface area contributed by atoms with Gasteiger partial charge in [0.15, 0.2) is 11.5 Å². The lowest BCUT2D eigenvalue weighted by Crippen LogP contribution is -2.22. The zero-order chi connectivity index (χ0) is 24.4. The van der Waals surface area contributed by atoms with E-state index in [1.54, 1.807) is 31.2 Å². The average molecular weight is 457 g/mol. The quantitative estimate of drug-likeness (QED) is 0.214. The van der Waals surface area contributed by atoms with Crippen molar-refractivity contribution in [3.63, 3.8) is 0 Å². The molecule has 0 radical (unpaired) electrons. The Kier molecular flexibility index (Phi) is 9.41. The van der Waals surface area contributed by atoms with Gasteiger partial charge in [-0.1, -0.05) is 24.3 Å². The molecule has 0 saturated heterocycles. The topological polar surface area (TPSA) is 114 Å². The first kappa shape index (κ1) is 25.4. The van der Waals surface area contributed by atoms with Gasteiger partial charge in [-0.2, -0.15) is 0 Å². The first-order valence-corrected chi connectivity index (χ1v) is 10.2. The molecule has 0 heterocycles. The summed E-state index contributed by atoms with van der Waals surface area (Å²) in [6.07, 6.45) is 3.22. The predicted molar refractivity (Wildman–Crippen MR) is 121 cm³/mol. The van der Waals surface area contributed by atoms with E-state index in [0.29, 0.717) is 17.1 Å². The number of nitro benzene ring substituents is 1. The second-order valence-electron chi connectivity index (χ2n) is 6.96. The van der Waals surface area contributed by atoms with Crippen molar-refractivity contribution in [1.29, 1.82) is 0 Å². The van der Waals surface area contributed by atoms with Gasteiger partial charge >= 0.3 is 11.9 Å². The van der Waals surface area contributed by atoms with Gasteiger partial charge in [0.25, 0.3) is 5.69 Å². The molecule has 0 aliphatic rings. The Morgan fingerprint density at radius 2 is 1.64 bits per heavy atom. The van der Waals surface area contributed by atoms with Crippen LogP contribution < -0.4 is 9.47 Å². The van der Waals surface area contributed by atoms with Gasteiger partial charge in [0, 0.05) is 24.1 Å². The largest absolute Gasteiger partial charge is 0.493 e. The van der Waals surface area contributed by atoms with E-state index in [1.807, 2.05) is 0 Å². The minimum Gasteiger partial charge on any atom is -0.493 e. The number of methoxy groups -OCH3 is 3. The number of hydrogen-bond acceptors (Lipinski definition) is 8. The standard InChI is InChI=1S/C24H27NO8/c1-5-33-22(26)8-6-7-19(17-11-14-20(30-2)21(15-17)31-3)23(24(27)32-4)16-9-12-18(13-10-16)25(28)29/h6,8-15,19,23H,5,7H2,1-4H3/b8-6+. The maximum atomic E-state index is 12.9. The summed E-state index contributed by atoms with van der Waals surface area (Å²) in [5.74, 6) is -1.31. The molecule has 0 N–H and O–H groups in total. The molecule has 2 aromatic rings. The number of nitrogens with zero attached hydrogens (tertiary/aromatic N) is 1. The Morgan fingerprint density at radius 1 is 1.00 bits per heavy atom. The number of nitro groups is 1. The van der Waals surface area contributed by atoms with Crippen LogP contribution in [0.2, 0.25) is 0 Å². The van der Waals surface area contributed by atoms with Crippen LogP contribution in [-0.2, 0) is 19.1 Å². The highest BCUT2D eigenvalue weighted by molar-refractivity contribution is 5.82. The summed E-state index contributed by atoms with van der Waals surface area (Å²) in [6, 6.07) is 11.0. The molecule has 2 atom stereocenters. The van der Waals surface area contributed by atoms with Gasteiger partial charge in [0.2, 0.25) is 0 Å². The molecule has 2 aromatic carbocycles. The highest BCUT2D eigenvalue weighted by atomic mass is 16.6. The van der Waals surface area contributed by atoms with Crippen molar-refractivity contribution in [2.24, 2.45) is 0 Å². The molecule has 0 spiro atoms. The fraction of sp³-hybridized carbons (Fsp3) is 0.333. The van der Waals surface area contributed by atoms with Crippen LogP contribution in [0.4, 0.5) is 5.69 Å². The molecular formula is C24H27NO8. The first-order valence-electron chi connectivity index (χ1n) is 10.2. The Morgan fingerprint density at radius 3 is 2.18 bits per heavy atom. The fourth-order valence-electron chi connectivity index (χ4n) is 3.51. The van der Waals surface area contributed by atoms with Crippen molar-refractivity contribution < 1.29 is 33.5 Å². The van der Waals surface area contributed by atoms with Crippen LogP contribution in [0.5, 0.6) is 11.5 Å². The Labute approximate surface area is 192 Å². The van der Waals surface area contributed by atoms with Gasteiger partial charge in [-0.15, -0.1) is 0 Å². The van der Waals surface area contributed by atoms with Crippen molar-refractivity contribution in [3.8, 4) is 11.5 Å². The monoisotopic (exact) mass is 457 g/mol. The molecule has 0 aromatic heterocycles. The normalized spacial score (nSPS) is 12.6. The highest BCUT2D eigenvalue weighted by Crippen LogP contribution is 2.40. The van der Waals surface area contributed by atoms with Crippen molar-refractivity contribution in [3.05, 3.63) is 75.9 Å². The lowest BCUT2D eigenvalue weighted by Gasteiger charge is -2.26. The van der Waals surface area contributed by atoms with E-state index < -0.39 is 28.7 Å². The molecule has 33 heavy (non-hydrogen) atoms. The van der Waals surface area contributed by atoms with Gasteiger partial charge in [0.1, 0.15) is 0 Å². The van der Waals surface area contributed by atoms with Crippen LogP contribution in [0.25, 0.3) is 0 Å². The summed E-state index contributed by atoms with van der Waals surface area (Å²) in [7, 11) is 4.30. The molecule has 0 aliphatic heterocycles. The second kappa shape index (κ2) is 12.2. The predicted octanol–water partition coefficient (Wildman–Crippen LogP) is 4.16. The number of esters is 2. The van der Waals surface area contributed by atoms with Crippen LogP contribution in [0.1, 0.15) is 36.3 Å². The van der Waals surface area contributed by atoms with Gasteiger partial charge in [-0.05, 0) is 36.6 Å². The first-order chi connectivity index (χ1) is 15.9. The number of hydrogen-bond donors (Lipinski definition) is 0. The Bertz CT molecular complexity index is 1000. The Balaban J connectivity index is 2.56. The molecule has 9 nitrogen and oxygen atoms in total. The summed E-state index contributed by atoms with van der Waals surface area (Å²) in [5, 5.41) is 11.1. The highest BCUT2D eigenvalue weighted by Gasteiger charge is 2.32. The van der Waals surface area contributed by atoms with Crippen LogP contribution >= 0.6 is 0 Å². The van der Waals surface area contributed by atoms with E-state index in [9.17, 15) is 19.7 Å². The van der Waals surface area contributed by atoms with Crippen LogP contribution in [0.15, 0.2) is 54.6 Å². The molecule has 2 rings (SSSR count). The molecule has 0 fully saturated rings. The second-order valence-corrected chi connectivity index (χ2v) is 6.96.